The molecular weight excluding hydrogens is 756 g/mol. The van der Waals surface area contributed by atoms with Gasteiger partial charge in [-0.3, -0.25) is 9.36 Å². The average molecular weight is 794 g/mol. The molecule has 1 amide bonds. The fraction of sp³-hybridized carbons (Fsp3) is 0.438. The van der Waals surface area contributed by atoms with Crippen LogP contribution in [-0.2, 0) is 15.5 Å². The maximum Gasteiger partial charge on any atom is 0.410 e. The highest BCUT2D eigenvalue weighted by Gasteiger charge is 2.55. The Morgan fingerprint density at radius 3 is 2.63 bits per heavy atom. The summed E-state index contributed by atoms with van der Waals surface area (Å²) in [6.45, 7) is 12.2. The van der Waals surface area contributed by atoms with E-state index in [-0.39, 0.29) is 17.6 Å². The molecule has 1 saturated heterocycles. The fourth-order valence-corrected chi connectivity index (χ4v) is 8.31. The number of halogens is 2. The molecule has 1 aliphatic carbocycles. The summed E-state index contributed by atoms with van der Waals surface area (Å²) in [6.07, 6.45) is 5.43. The number of nitrogens with zero attached hydrogens (tertiary/aromatic N) is 5. The Labute approximate surface area is 294 Å². The van der Waals surface area contributed by atoms with Gasteiger partial charge < -0.3 is 24.3 Å². The highest BCUT2D eigenvalue weighted by atomic mass is 127. The number of amides is 1. The van der Waals surface area contributed by atoms with Gasteiger partial charge in [-0.25, -0.2) is 4.79 Å². The molecule has 1 aliphatic heterocycles. The predicted octanol–water partition coefficient (Wildman–Crippen LogP) is 8.62. The third-order valence-electron chi connectivity index (χ3n) is 8.84. The van der Waals surface area contributed by atoms with E-state index in [2.05, 4.69) is 68.9 Å². The molecule has 2 aromatic heterocycles. The number of carbonyl (C=O) groups is 1. The normalized spacial score (nSPS) is 16.3. The van der Waals surface area contributed by atoms with E-state index in [1.807, 2.05) is 50.7 Å². The van der Waals surface area contributed by atoms with Crippen LogP contribution in [0.4, 0.5) is 10.5 Å². The molecule has 3 heterocycles. The Kier molecular flexibility index (Phi) is 9.41. The quantitative estimate of drug-likeness (QED) is 0.0515. The summed E-state index contributed by atoms with van der Waals surface area (Å²) in [5.41, 5.74) is 7.49. The van der Waals surface area contributed by atoms with E-state index < -0.39 is 5.60 Å². The molecule has 14 heteroatoms. The van der Waals surface area contributed by atoms with Crippen molar-refractivity contribution in [3.63, 3.8) is 0 Å². The molecule has 10 nitrogen and oxygen atoms in total. The Hall–Kier alpha value is -2.38. The van der Waals surface area contributed by atoms with Crippen LogP contribution in [0.2, 0.25) is 5.02 Å². The van der Waals surface area contributed by atoms with Gasteiger partial charge in [-0.15, -0.1) is 0 Å². The lowest BCUT2D eigenvalue weighted by atomic mass is 9.61. The minimum Gasteiger partial charge on any atom is -0.444 e. The summed E-state index contributed by atoms with van der Waals surface area (Å²) in [7, 11) is 0. The van der Waals surface area contributed by atoms with Crippen molar-refractivity contribution in [2.45, 2.75) is 65.6 Å². The summed E-state index contributed by atoms with van der Waals surface area (Å²) in [5, 5.41) is 23.5. The third kappa shape index (κ3) is 6.27. The van der Waals surface area contributed by atoms with Crippen molar-refractivity contribution >= 4 is 81.8 Å². The first-order valence-electron chi connectivity index (χ1n) is 15.1. The highest BCUT2D eigenvalue weighted by Crippen LogP contribution is 2.55. The summed E-state index contributed by atoms with van der Waals surface area (Å²) in [4.78, 5) is 14.4. The molecular formula is C32H38ClIN7O3PS. The molecule has 244 valence electrons. The van der Waals surface area contributed by atoms with E-state index in [1.54, 1.807) is 4.90 Å². The number of thiol groups is 1. The molecule has 1 unspecified atom stereocenters. The van der Waals surface area contributed by atoms with Crippen LogP contribution < -0.4 is 5.09 Å². The van der Waals surface area contributed by atoms with Crippen LogP contribution in [0.1, 0.15) is 56.5 Å². The molecule has 0 bridgehead atoms. The summed E-state index contributed by atoms with van der Waals surface area (Å²) in [6, 6.07) is 8.37. The van der Waals surface area contributed by atoms with E-state index in [1.165, 1.54) is 6.21 Å². The number of aryl methyl sites for hydroxylation is 1. The van der Waals surface area contributed by atoms with Gasteiger partial charge in [0.2, 0.25) is 0 Å². The van der Waals surface area contributed by atoms with Crippen LogP contribution in [0.5, 0.6) is 0 Å². The first kappa shape index (κ1) is 33.5. The fourth-order valence-electron chi connectivity index (χ4n) is 6.79. The van der Waals surface area contributed by atoms with E-state index in [0.717, 1.165) is 68.6 Å². The average Bonchev–Trinajstić information content (AvgIpc) is 3.51. The minimum absolute atomic E-state index is 0.0872. The van der Waals surface area contributed by atoms with Gasteiger partial charge in [0.05, 0.1) is 29.7 Å². The van der Waals surface area contributed by atoms with E-state index >= 15 is 0 Å². The number of hydrogen-bond acceptors (Lipinski definition) is 8. The third-order valence-corrected chi connectivity index (χ3v) is 10.7. The summed E-state index contributed by atoms with van der Waals surface area (Å²) >= 11 is 13.3. The monoisotopic (exact) mass is 793 g/mol. The molecule has 2 aromatic carbocycles. The van der Waals surface area contributed by atoms with Crippen molar-refractivity contribution in [2.75, 3.05) is 24.8 Å². The SMILES string of the molecule is Cc1cc(NPI)c(C=N)c(-c2c(-c3ccc4nn(CCOS)cc4c3)nn(C3CC4(C3)CN(C(=O)OC(C)(C)C)C4)c2C)c1Cl. The zero-order valence-electron chi connectivity index (χ0n) is 26.4. The van der Waals surface area contributed by atoms with Gasteiger partial charge in [0.15, 0.2) is 0 Å². The second-order valence-electron chi connectivity index (χ2n) is 13.4. The Morgan fingerprint density at radius 1 is 1.24 bits per heavy atom. The number of anilines is 1. The molecule has 1 atom stereocenters. The number of hydrogen-bond donors (Lipinski definition) is 3. The molecule has 2 N–H and O–H groups in total. The van der Waals surface area contributed by atoms with Crippen LogP contribution in [0.25, 0.3) is 33.3 Å². The number of likely N-dealkylation sites (tertiary alicyclic amines) is 1. The Bertz CT molecular complexity index is 1820. The topological polar surface area (TPSA) is 110 Å². The van der Waals surface area contributed by atoms with Gasteiger partial charge in [-0.1, -0.05) is 17.7 Å². The van der Waals surface area contributed by atoms with Crippen molar-refractivity contribution in [2.24, 2.45) is 5.41 Å². The van der Waals surface area contributed by atoms with E-state index in [4.69, 9.17) is 31.0 Å². The Balaban J connectivity index is 1.40. The predicted molar refractivity (Wildman–Crippen MR) is 198 cm³/mol. The van der Waals surface area contributed by atoms with E-state index in [0.29, 0.717) is 37.6 Å². The number of carbonyl (C=O) groups excluding carboxylic acids is 1. The smallest absolute Gasteiger partial charge is 0.410 e. The standard InChI is InChI=1S/C32H38ClIN7O3PS/c1-18-10-25(38-45-34)23(14-35)27(28(18)33)26-19(2)41(22-12-32(13-22)16-39(17-32)30(42)44-31(3,4)5)37-29(26)20-6-7-24-21(11-20)15-40(36-24)8-9-43-46/h6-7,10-11,14-15,22,35,38,45-46H,8-9,12-13,16-17H2,1-5H3. The molecule has 2 fully saturated rings. The minimum atomic E-state index is -0.511. The number of rotatable bonds is 9. The second-order valence-corrected chi connectivity index (χ2v) is 16.1. The molecule has 46 heavy (non-hydrogen) atoms. The number of nitrogens with one attached hydrogen (secondary N) is 2. The maximum atomic E-state index is 12.6. The molecule has 2 aliphatic rings. The molecule has 4 aromatic rings. The molecule has 1 spiro atoms. The summed E-state index contributed by atoms with van der Waals surface area (Å²) in [5.74, 6) is 0. The van der Waals surface area contributed by atoms with Gasteiger partial charge in [-0.2, -0.15) is 10.2 Å². The first-order valence-corrected chi connectivity index (χ1v) is 20.0. The molecule has 0 radical (unpaired) electrons. The highest BCUT2D eigenvalue weighted by molar-refractivity contribution is 14.2. The number of aromatic nitrogens is 4. The van der Waals surface area contributed by atoms with Crippen molar-refractivity contribution in [1.29, 1.82) is 5.41 Å². The van der Waals surface area contributed by atoms with Crippen molar-refractivity contribution in [3.05, 3.63) is 52.3 Å². The van der Waals surface area contributed by atoms with Gasteiger partial charge >= 0.3 is 6.09 Å². The van der Waals surface area contributed by atoms with Gasteiger partial charge in [0.1, 0.15) is 11.3 Å². The van der Waals surface area contributed by atoms with Gasteiger partial charge in [-0.05, 0) is 106 Å². The van der Waals surface area contributed by atoms with Crippen LogP contribution in [-0.4, -0.2) is 62.1 Å². The molecule has 1 saturated carbocycles. The lowest BCUT2D eigenvalue weighted by Crippen LogP contribution is -2.64. The number of ether oxygens (including phenoxy) is 1. The lowest BCUT2D eigenvalue weighted by molar-refractivity contribution is -0.0930. The zero-order chi connectivity index (χ0) is 33.0. The van der Waals surface area contributed by atoms with Crippen LogP contribution in [0.15, 0.2) is 30.5 Å². The van der Waals surface area contributed by atoms with Gasteiger partial charge in [0, 0.05) is 76.3 Å². The van der Waals surface area contributed by atoms with Crippen LogP contribution in [0.3, 0.4) is 0 Å². The largest absolute Gasteiger partial charge is 0.444 e. The Morgan fingerprint density at radius 2 is 1.98 bits per heavy atom. The first-order chi connectivity index (χ1) is 21.9. The molecule has 6 rings (SSSR count). The second kappa shape index (κ2) is 12.9. The van der Waals surface area contributed by atoms with Crippen LogP contribution >= 0.6 is 52.9 Å². The number of benzene rings is 2. The zero-order valence-corrected chi connectivity index (χ0v) is 31.3. The lowest BCUT2D eigenvalue weighted by Gasteiger charge is -2.58. The van der Waals surface area contributed by atoms with E-state index in [9.17, 15) is 4.79 Å². The van der Waals surface area contributed by atoms with Crippen molar-refractivity contribution in [1.82, 2.24) is 24.5 Å². The van der Waals surface area contributed by atoms with Crippen molar-refractivity contribution in [3.8, 4) is 22.4 Å². The number of fused-ring (bicyclic) bond motifs is 1. The maximum absolute atomic E-state index is 12.6. The van der Waals surface area contributed by atoms with Crippen LogP contribution in [0, 0.1) is 24.7 Å². The van der Waals surface area contributed by atoms with Gasteiger partial charge in [0.25, 0.3) is 0 Å². The summed E-state index contributed by atoms with van der Waals surface area (Å²) < 4.78 is 14.5. The van der Waals surface area contributed by atoms with Crippen molar-refractivity contribution < 1.29 is 13.7 Å².